The van der Waals surface area contributed by atoms with E-state index in [4.69, 9.17) is 9.47 Å². The summed E-state index contributed by atoms with van der Waals surface area (Å²) in [5.41, 5.74) is -0.0757. The number of hydrogen-bond donors (Lipinski definition) is 3. The molecule has 0 atom stereocenters. The van der Waals surface area contributed by atoms with Crippen LogP contribution in [0.4, 0.5) is 16.3 Å². The highest BCUT2D eigenvalue weighted by Gasteiger charge is 2.26. The van der Waals surface area contributed by atoms with Crippen molar-refractivity contribution in [2.24, 2.45) is 0 Å². The highest BCUT2D eigenvalue weighted by atomic mass is 32.2. The first-order valence-corrected chi connectivity index (χ1v) is 10.1. The minimum Gasteiger partial charge on any atom is -0.496 e. The van der Waals surface area contributed by atoms with Gasteiger partial charge in [-0.05, 0) is 18.2 Å². The highest BCUT2D eigenvalue weighted by Crippen LogP contribution is 2.23. The third-order valence-corrected chi connectivity index (χ3v) is 5.19. The Bertz CT molecular complexity index is 1080. The van der Waals surface area contributed by atoms with Gasteiger partial charge in [-0.25, -0.2) is 17.9 Å². The fraction of sp³-hybridized carbons (Fsp3) is 0.222. The first kappa shape index (κ1) is 23.4. The van der Waals surface area contributed by atoms with Crippen LogP contribution < -0.4 is 24.8 Å². The lowest BCUT2D eigenvalue weighted by atomic mass is 10.2. The molecule has 0 aliphatic heterocycles. The lowest BCUT2D eigenvalue weighted by Crippen LogP contribution is -2.36. The number of sulfonamides is 1. The zero-order chi connectivity index (χ0) is 23.2. The maximum atomic E-state index is 12.9. The second kappa shape index (κ2) is 9.75. The number of nitrogens with one attached hydrogen (secondary N) is 3. The first-order chi connectivity index (χ1) is 14.6. The summed E-state index contributed by atoms with van der Waals surface area (Å²) >= 11 is 0. The maximum absolute atomic E-state index is 12.9. The van der Waals surface area contributed by atoms with Crippen LogP contribution in [0.1, 0.15) is 10.4 Å². The number of nitrogens with zero attached hydrogens (tertiary/aromatic N) is 2. The molecule has 31 heavy (non-hydrogen) atoms. The number of pyridine rings is 1. The fourth-order valence-electron chi connectivity index (χ4n) is 2.41. The zero-order valence-corrected chi connectivity index (χ0v) is 17.9. The van der Waals surface area contributed by atoms with Gasteiger partial charge in [0.15, 0.2) is 0 Å². The van der Waals surface area contributed by atoms with E-state index in [0.29, 0.717) is 12.2 Å². The Labute approximate surface area is 178 Å². The van der Waals surface area contributed by atoms with E-state index in [2.05, 4.69) is 15.6 Å². The van der Waals surface area contributed by atoms with Crippen molar-refractivity contribution in [3.05, 3.63) is 35.9 Å². The van der Waals surface area contributed by atoms with Crippen LogP contribution in [0.25, 0.3) is 0 Å². The molecule has 1 aromatic carbocycles. The molecular weight excluding hydrogens is 430 g/mol. The van der Waals surface area contributed by atoms with Crippen molar-refractivity contribution in [1.82, 2.24) is 14.6 Å². The second-order valence-corrected chi connectivity index (χ2v) is 7.82. The largest absolute Gasteiger partial charge is 0.496 e. The van der Waals surface area contributed by atoms with Crippen molar-refractivity contribution in [2.75, 3.05) is 38.9 Å². The average Bonchev–Trinajstić information content (AvgIpc) is 2.72. The van der Waals surface area contributed by atoms with Gasteiger partial charge < -0.3 is 19.7 Å². The molecule has 0 bridgehead atoms. The van der Waals surface area contributed by atoms with Gasteiger partial charge in [0.1, 0.15) is 16.5 Å². The molecule has 2 rings (SSSR count). The summed E-state index contributed by atoms with van der Waals surface area (Å²) in [5.74, 6) is -0.206. The van der Waals surface area contributed by atoms with E-state index >= 15 is 0 Å². The van der Waals surface area contributed by atoms with E-state index in [-0.39, 0.29) is 22.9 Å². The number of benzene rings is 1. The minimum absolute atomic E-state index is 0.0372. The van der Waals surface area contributed by atoms with Gasteiger partial charge in [0.25, 0.3) is 15.9 Å². The molecule has 0 aliphatic carbocycles. The Hall–Kier alpha value is -3.87. The van der Waals surface area contributed by atoms with Crippen molar-refractivity contribution in [3.8, 4) is 11.6 Å². The summed E-state index contributed by atoms with van der Waals surface area (Å²) in [4.78, 5) is 40.1. The number of hydrogen-bond acceptors (Lipinski definition) is 8. The molecule has 2 aromatic rings. The molecule has 1 aromatic heterocycles. The summed E-state index contributed by atoms with van der Waals surface area (Å²) in [6.07, 6.45) is 0.348. The molecule has 166 valence electrons. The summed E-state index contributed by atoms with van der Waals surface area (Å²) in [6, 6.07) is 5.33. The maximum Gasteiger partial charge on any atom is 0.334 e. The second-order valence-electron chi connectivity index (χ2n) is 6.17. The van der Waals surface area contributed by atoms with Gasteiger partial charge in [0.05, 0.1) is 19.8 Å². The summed E-state index contributed by atoms with van der Waals surface area (Å²) in [7, 11) is 1.13. The van der Waals surface area contributed by atoms with Gasteiger partial charge in [0, 0.05) is 31.9 Å². The topological polar surface area (TPSA) is 156 Å². The van der Waals surface area contributed by atoms with E-state index in [9.17, 15) is 22.8 Å². The van der Waals surface area contributed by atoms with Gasteiger partial charge >= 0.3 is 6.03 Å². The Morgan fingerprint density at radius 1 is 1.10 bits per heavy atom. The van der Waals surface area contributed by atoms with Crippen LogP contribution in [-0.2, 0) is 14.8 Å². The zero-order valence-electron chi connectivity index (χ0n) is 17.1. The molecule has 12 nitrogen and oxygen atoms in total. The molecule has 13 heteroatoms. The Morgan fingerprint density at radius 2 is 1.81 bits per heavy atom. The number of carbonyl (C=O) groups is 3. The molecule has 3 N–H and O–H groups in total. The Kier molecular flexibility index (Phi) is 7.37. The molecule has 0 radical (unpaired) electrons. The van der Waals surface area contributed by atoms with Crippen molar-refractivity contribution in [2.45, 2.75) is 4.90 Å². The molecule has 0 unspecified atom stereocenters. The van der Waals surface area contributed by atoms with Crippen LogP contribution >= 0.6 is 0 Å². The molecule has 0 spiro atoms. The van der Waals surface area contributed by atoms with Crippen molar-refractivity contribution in [1.29, 1.82) is 0 Å². The number of amides is 4. The monoisotopic (exact) mass is 451 g/mol. The van der Waals surface area contributed by atoms with Crippen molar-refractivity contribution < 1.29 is 32.3 Å². The SMILES string of the molecule is COc1cc(NC(=O)NS(=O)(=O)c2cc(NC=O)ccc2C(=O)N(C)C)nc(OC)c1. The predicted octanol–water partition coefficient (Wildman–Crippen LogP) is 0.879. The predicted molar refractivity (Wildman–Crippen MR) is 111 cm³/mol. The van der Waals surface area contributed by atoms with Crippen molar-refractivity contribution >= 4 is 39.9 Å². The summed E-state index contributed by atoms with van der Waals surface area (Å²) < 4.78 is 37.6. The molecule has 0 saturated heterocycles. The summed E-state index contributed by atoms with van der Waals surface area (Å²) in [6.45, 7) is 0. The van der Waals surface area contributed by atoms with Gasteiger partial charge in [0.2, 0.25) is 12.3 Å². The van der Waals surface area contributed by atoms with Crippen LogP contribution in [0.2, 0.25) is 0 Å². The van der Waals surface area contributed by atoms with Crippen molar-refractivity contribution in [3.63, 3.8) is 0 Å². The number of anilines is 2. The van der Waals surface area contributed by atoms with Crippen LogP contribution in [0.5, 0.6) is 11.6 Å². The molecule has 4 amide bonds. The number of carbonyl (C=O) groups excluding carboxylic acids is 3. The fourth-order valence-corrected chi connectivity index (χ4v) is 3.54. The highest BCUT2D eigenvalue weighted by molar-refractivity contribution is 7.90. The average molecular weight is 451 g/mol. The first-order valence-electron chi connectivity index (χ1n) is 8.61. The number of ether oxygens (including phenoxy) is 2. The number of rotatable bonds is 8. The smallest absolute Gasteiger partial charge is 0.334 e. The van der Waals surface area contributed by atoms with Gasteiger partial charge in [-0.15, -0.1) is 0 Å². The molecule has 1 heterocycles. The number of urea groups is 1. The normalized spacial score (nSPS) is 10.6. The number of methoxy groups -OCH3 is 2. The minimum atomic E-state index is -4.52. The Balaban J connectivity index is 2.36. The van der Waals surface area contributed by atoms with E-state index in [1.165, 1.54) is 57.5 Å². The number of aromatic nitrogens is 1. The lowest BCUT2D eigenvalue weighted by Gasteiger charge is -2.16. The Morgan fingerprint density at radius 3 is 2.39 bits per heavy atom. The summed E-state index contributed by atoms with van der Waals surface area (Å²) in [5, 5.41) is 4.56. The van der Waals surface area contributed by atoms with E-state index in [1.807, 2.05) is 4.72 Å². The lowest BCUT2D eigenvalue weighted by molar-refractivity contribution is -0.105. The van der Waals surface area contributed by atoms with Crippen LogP contribution in [0.15, 0.2) is 35.2 Å². The van der Waals surface area contributed by atoms with Crippen LogP contribution in [0, 0.1) is 0 Å². The quantitative estimate of drug-likeness (QED) is 0.499. The molecule has 0 saturated carbocycles. The van der Waals surface area contributed by atoms with E-state index in [0.717, 1.165) is 6.07 Å². The molecular formula is C18H21N5O7S. The van der Waals surface area contributed by atoms with Gasteiger partial charge in [-0.3, -0.25) is 14.9 Å². The third kappa shape index (κ3) is 5.82. The van der Waals surface area contributed by atoms with Gasteiger partial charge in [-0.1, -0.05) is 0 Å². The van der Waals surface area contributed by atoms with E-state index in [1.54, 1.807) is 0 Å². The molecule has 0 fully saturated rings. The molecule has 0 aliphatic rings. The third-order valence-electron chi connectivity index (χ3n) is 3.82. The van der Waals surface area contributed by atoms with Crippen LogP contribution in [-0.4, -0.2) is 65.0 Å². The van der Waals surface area contributed by atoms with E-state index < -0.39 is 26.9 Å². The van der Waals surface area contributed by atoms with Gasteiger partial charge in [-0.2, -0.15) is 4.98 Å². The standard InChI is InChI=1S/C18H21N5O7S/c1-23(2)17(25)13-6-5-11(19-10-24)7-14(13)31(27,28)22-18(26)21-15-8-12(29-3)9-16(20-15)30-4/h5-10H,1-4H3,(H,19,24)(H2,20,21,22,26). The van der Waals surface area contributed by atoms with Crippen LogP contribution in [0.3, 0.4) is 0 Å².